The van der Waals surface area contributed by atoms with Crippen LogP contribution in [-0.4, -0.2) is 12.6 Å². The first-order valence-electron chi connectivity index (χ1n) is 5.44. The van der Waals surface area contributed by atoms with Crippen LogP contribution in [0.4, 0.5) is 0 Å². The second-order valence-corrected chi connectivity index (χ2v) is 3.77. The standard InChI is InChI=1S/C13H14ClNO2/c1-2-17-13(16)12-8-10(9-14)5-6-11(12)4-3-7-15/h5-6,8H,2-4,9H2,1H3. The Hall–Kier alpha value is -1.53. The van der Waals surface area contributed by atoms with Gasteiger partial charge in [-0.1, -0.05) is 12.1 Å². The minimum Gasteiger partial charge on any atom is -0.462 e. The van der Waals surface area contributed by atoms with Crippen LogP contribution in [-0.2, 0) is 17.0 Å². The zero-order valence-corrected chi connectivity index (χ0v) is 10.5. The van der Waals surface area contributed by atoms with Gasteiger partial charge in [0, 0.05) is 12.3 Å². The maximum atomic E-state index is 11.7. The molecule has 1 rings (SSSR count). The van der Waals surface area contributed by atoms with Crippen LogP contribution in [0.2, 0.25) is 0 Å². The first-order valence-corrected chi connectivity index (χ1v) is 5.98. The van der Waals surface area contributed by atoms with Gasteiger partial charge >= 0.3 is 5.97 Å². The number of alkyl halides is 1. The third-order valence-corrected chi connectivity index (χ3v) is 2.64. The third kappa shape index (κ3) is 3.76. The fourth-order valence-electron chi connectivity index (χ4n) is 1.51. The maximum Gasteiger partial charge on any atom is 0.338 e. The van der Waals surface area contributed by atoms with E-state index in [0.29, 0.717) is 30.9 Å². The Balaban J connectivity index is 3.03. The number of nitrogens with zero attached hydrogens (tertiary/aromatic N) is 1. The highest BCUT2D eigenvalue weighted by molar-refractivity contribution is 6.17. The summed E-state index contributed by atoms with van der Waals surface area (Å²) in [4.78, 5) is 11.7. The van der Waals surface area contributed by atoms with Crippen molar-refractivity contribution in [1.29, 1.82) is 5.26 Å². The molecule has 0 radical (unpaired) electrons. The number of nitriles is 1. The zero-order chi connectivity index (χ0) is 12.7. The van der Waals surface area contributed by atoms with E-state index in [1.54, 1.807) is 13.0 Å². The van der Waals surface area contributed by atoms with E-state index in [-0.39, 0.29) is 5.97 Å². The Kier molecular flexibility index (Phi) is 5.51. The number of carbonyl (C=O) groups is 1. The first kappa shape index (κ1) is 13.5. The molecule has 0 bridgehead atoms. The monoisotopic (exact) mass is 251 g/mol. The highest BCUT2D eigenvalue weighted by atomic mass is 35.5. The Labute approximate surface area is 106 Å². The van der Waals surface area contributed by atoms with Gasteiger partial charge in [0.1, 0.15) is 0 Å². The van der Waals surface area contributed by atoms with E-state index in [2.05, 4.69) is 6.07 Å². The number of esters is 1. The average Bonchev–Trinajstić information content (AvgIpc) is 2.36. The number of hydrogen-bond donors (Lipinski definition) is 0. The van der Waals surface area contributed by atoms with E-state index in [0.717, 1.165) is 11.1 Å². The van der Waals surface area contributed by atoms with Gasteiger partial charge in [-0.3, -0.25) is 0 Å². The molecule has 0 saturated carbocycles. The molecular formula is C13H14ClNO2. The molecule has 0 spiro atoms. The van der Waals surface area contributed by atoms with E-state index in [4.69, 9.17) is 21.6 Å². The van der Waals surface area contributed by atoms with Crippen LogP contribution >= 0.6 is 11.6 Å². The summed E-state index contributed by atoms with van der Waals surface area (Å²) in [7, 11) is 0. The summed E-state index contributed by atoms with van der Waals surface area (Å²) >= 11 is 5.73. The van der Waals surface area contributed by atoms with Crippen molar-refractivity contribution in [2.75, 3.05) is 6.61 Å². The Morgan fingerprint density at radius 2 is 2.29 bits per heavy atom. The van der Waals surface area contributed by atoms with Crippen LogP contribution in [0.25, 0.3) is 0 Å². The molecular weight excluding hydrogens is 238 g/mol. The number of hydrogen-bond acceptors (Lipinski definition) is 3. The average molecular weight is 252 g/mol. The smallest absolute Gasteiger partial charge is 0.338 e. The molecule has 4 heteroatoms. The van der Waals surface area contributed by atoms with Gasteiger partial charge in [0.15, 0.2) is 0 Å². The summed E-state index contributed by atoms with van der Waals surface area (Å²) in [5.41, 5.74) is 2.22. The number of carbonyl (C=O) groups excluding carboxylic acids is 1. The van der Waals surface area contributed by atoms with Crippen molar-refractivity contribution in [2.24, 2.45) is 0 Å². The topological polar surface area (TPSA) is 50.1 Å². The molecule has 0 atom stereocenters. The summed E-state index contributed by atoms with van der Waals surface area (Å²) in [6.45, 7) is 2.10. The highest BCUT2D eigenvalue weighted by Crippen LogP contribution is 2.16. The molecule has 0 aliphatic rings. The fraction of sp³-hybridized carbons (Fsp3) is 0.385. The molecule has 0 heterocycles. The summed E-state index contributed by atoms with van der Waals surface area (Å²) in [6, 6.07) is 7.50. The predicted molar refractivity (Wildman–Crippen MR) is 65.9 cm³/mol. The van der Waals surface area contributed by atoms with Gasteiger partial charge in [0.2, 0.25) is 0 Å². The minimum atomic E-state index is -0.354. The lowest BCUT2D eigenvalue weighted by atomic mass is 10.0. The van der Waals surface area contributed by atoms with Gasteiger partial charge in [0.05, 0.1) is 18.2 Å². The molecule has 0 amide bonds. The molecule has 1 aromatic carbocycles. The predicted octanol–water partition coefficient (Wildman–Crippen LogP) is 3.06. The van der Waals surface area contributed by atoms with Gasteiger partial charge in [-0.15, -0.1) is 11.6 Å². The van der Waals surface area contributed by atoms with Crippen molar-refractivity contribution in [3.05, 3.63) is 34.9 Å². The lowest BCUT2D eigenvalue weighted by molar-refractivity contribution is 0.0525. The Morgan fingerprint density at radius 3 is 2.88 bits per heavy atom. The number of ether oxygens (including phenoxy) is 1. The second-order valence-electron chi connectivity index (χ2n) is 3.50. The number of aryl methyl sites for hydroxylation is 1. The van der Waals surface area contributed by atoms with E-state index < -0.39 is 0 Å². The van der Waals surface area contributed by atoms with Gasteiger partial charge in [-0.2, -0.15) is 5.26 Å². The molecule has 0 aliphatic heterocycles. The van der Waals surface area contributed by atoms with Crippen molar-refractivity contribution in [1.82, 2.24) is 0 Å². The molecule has 0 aromatic heterocycles. The van der Waals surface area contributed by atoms with Gasteiger partial charge in [-0.05, 0) is 30.5 Å². The van der Waals surface area contributed by atoms with Crippen molar-refractivity contribution < 1.29 is 9.53 Å². The summed E-state index contributed by atoms with van der Waals surface area (Å²) < 4.78 is 4.98. The van der Waals surface area contributed by atoms with Crippen LogP contribution < -0.4 is 0 Å². The molecule has 0 N–H and O–H groups in total. The van der Waals surface area contributed by atoms with Crippen LogP contribution in [0, 0.1) is 11.3 Å². The number of benzene rings is 1. The molecule has 0 aliphatic carbocycles. The molecule has 3 nitrogen and oxygen atoms in total. The van der Waals surface area contributed by atoms with E-state index in [9.17, 15) is 4.79 Å². The number of rotatable bonds is 5. The summed E-state index contributed by atoms with van der Waals surface area (Å²) in [5.74, 6) is -0.00214. The van der Waals surface area contributed by atoms with Crippen molar-refractivity contribution in [2.45, 2.75) is 25.6 Å². The quantitative estimate of drug-likeness (QED) is 0.597. The molecule has 17 heavy (non-hydrogen) atoms. The SMILES string of the molecule is CCOC(=O)c1cc(CCl)ccc1CCC#N. The molecule has 0 saturated heterocycles. The van der Waals surface area contributed by atoms with Gasteiger partial charge in [-0.25, -0.2) is 4.79 Å². The van der Waals surface area contributed by atoms with Crippen LogP contribution in [0.15, 0.2) is 18.2 Å². The largest absolute Gasteiger partial charge is 0.462 e. The van der Waals surface area contributed by atoms with E-state index in [1.165, 1.54) is 0 Å². The lowest BCUT2D eigenvalue weighted by Gasteiger charge is -2.09. The van der Waals surface area contributed by atoms with E-state index in [1.807, 2.05) is 12.1 Å². The Bertz CT molecular complexity index is 438. The molecule has 1 aromatic rings. The van der Waals surface area contributed by atoms with Gasteiger partial charge in [0.25, 0.3) is 0 Å². The Morgan fingerprint density at radius 1 is 1.53 bits per heavy atom. The summed E-state index contributed by atoms with van der Waals surface area (Å²) in [5, 5.41) is 8.57. The van der Waals surface area contributed by atoms with Crippen molar-refractivity contribution in [3.63, 3.8) is 0 Å². The van der Waals surface area contributed by atoms with Gasteiger partial charge < -0.3 is 4.74 Å². The fourth-order valence-corrected chi connectivity index (χ4v) is 1.68. The summed E-state index contributed by atoms with van der Waals surface area (Å²) in [6.07, 6.45) is 0.930. The van der Waals surface area contributed by atoms with E-state index >= 15 is 0 Å². The zero-order valence-electron chi connectivity index (χ0n) is 9.70. The molecule has 90 valence electrons. The maximum absolute atomic E-state index is 11.7. The van der Waals surface area contributed by atoms with Crippen molar-refractivity contribution in [3.8, 4) is 6.07 Å². The minimum absolute atomic E-state index is 0.335. The van der Waals surface area contributed by atoms with Crippen LogP contribution in [0.1, 0.15) is 34.8 Å². The molecule has 0 fully saturated rings. The van der Waals surface area contributed by atoms with Crippen molar-refractivity contribution >= 4 is 17.6 Å². The number of halogens is 1. The van der Waals surface area contributed by atoms with Crippen LogP contribution in [0.5, 0.6) is 0 Å². The normalized spacial score (nSPS) is 9.71. The first-order chi connectivity index (χ1) is 8.22. The highest BCUT2D eigenvalue weighted by Gasteiger charge is 2.12. The molecule has 0 unspecified atom stereocenters. The second kappa shape index (κ2) is 6.93. The lowest BCUT2D eigenvalue weighted by Crippen LogP contribution is -2.08. The third-order valence-electron chi connectivity index (χ3n) is 2.33. The van der Waals surface area contributed by atoms with Crippen LogP contribution in [0.3, 0.4) is 0 Å².